The van der Waals surface area contributed by atoms with E-state index in [1.165, 1.54) is 5.39 Å². The van der Waals surface area contributed by atoms with E-state index in [9.17, 15) is 5.11 Å². The Labute approximate surface area is 140 Å². The highest BCUT2D eigenvalue weighted by atomic mass is 16.5. The van der Waals surface area contributed by atoms with Gasteiger partial charge in [-0.05, 0) is 50.9 Å². The van der Waals surface area contributed by atoms with Crippen LogP contribution < -0.4 is 4.74 Å². The molecule has 2 nitrogen and oxygen atoms in total. The van der Waals surface area contributed by atoms with Crippen molar-refractivity contribution in [2.75, 3.05) is 7.11 Å². The van der Waals surface area contributed by atoms with Crippen LogP contribution in [0.15, 0.2) is 78.9 Å². The van der Waals surface area contributed by atoms with Crippen LogP contribution in [0, 0.1) is 0 Å². The van der Waals surface area contributed by atoms with Crippen LogP contribution >= 0.6 is 0 Å². The molecule has 0 aliphatic heterocycles. The van der Waals surface area contributed by atoms with E-state index in [-0.39, 0.29) is 0 Å². The van der Waals surface area contributed by atoms with E-state index in [2.05, 4.69) is 30.3 Å². The number of fused-ring (bicyclic) bond motifs is 3. The SMILES string of the molecule is COc1cccc(C(O)c2cc3ccccc3c3ccccc23)c1. The molecule has 0 aliphatic carbocycles. The van der Waals surface area contributed by atoms with Gasteiger partial charge in [0.2, 0.25) is 0 Å². The van der Waals surface area contributed by atoms with Crippen molar-refractivity contribution in [3.05, 3.63) is 90.0 Å². The van der Waals surface area contributed by atoms with Crippen molar-refractivity contribution in [2.45, 2.75) is 6.10 Å². The van der Waals surface area contributed by atoms with Crippen LogP contribution in [0.2, 0.25) is 0 Å². The molecule has 0 bridgehead atoms. The molecule has 0 saturated heterocycles. The topological polar surface area (TPSA) is 29.5 Å². The fourth-order valence-corrected chi connectivity index (χ4v) is 3.30. The van der Waals surface area contributed by atoms with Crippen molar-refractivity contribution in [1.29, 1.82) is 0 Å². The molecule has 0 fully saturated rings. The molecule has 4 rings (SSSR count). The number of benzene rings is 4. The van der Waals surface area contributed by atoms with Gasteiger partial charge in [0.1, 0.15) is 11.9 Å². The molecule has 0 heterocycles. The number of hydrogen-bond acceptors (Lipinski definition) is 2. The second-order valence-electron chi connectivity index (χ2n) is 5.91. The Kier molecular flexibility index (Phi) is 3.68. The summed E-state index contributed by atoms with van der Waals surface area (Å²) >= 11 is 0. The minimum atomic E-state index is -0.699. The summed E-state index contributed by atoms with van der Waals surface area (Å²) < 4.78 is 5.29. The largest absolute Gasteiger partial charge is 0.497 e. The maximum absolute atomic E-state index is 11.0. The summed E-state index contributed by atoms with van der Waals surface area (Å²) in [6.45, 7) is 0. The lowest BCUT2D eigenvalue weighted by molar-refractivity contribution is 0.221. The van der Waals surface area contributed by atoms with Crippen LogP contribution in [0.1, 0.15) is 17.2 Å². The molecule has 0 amide bonds. The van der Waals surface area contributed by atoms with E-state index >= 15 is 0 Å². The number of rotatable bonds is 3. The summed E-state index contributed by atoms with van der Waals surface area (Å²) in [5, 5.41) is 15.6. The zero-order chi connectivity index (χ0) is 16.5. The van der Waals surface area contributed by atoms with Gasteiger partial charge in [-0.2, -0.15) is 0 Å². The van der Waals surface area contributed by atoms with Gasteiger partial charge in [0.05, 0.1) is 7.11 Å². The van der Waals surface area contributed by atoms with Gasteiger partial charge in [0.25, 0.3) is 0 Å². The number of hydrogen-bond donors (Lipinski definition) is 1. The highest BCUT2D eigenvalue weighted by Gasteiger charge is 2.16. The number of aliphatic hydroxyl groups excluding tert-OH is 1. The second-order valence-corrected chi connectivity index (χ2v) is 5.91. The first kappa shape index (κ1) is 14.7. The Balaban J connectivity index is 1.97. The quantitative estimate of drug-likeness (QED) is 0.534. The van der Waals surface area contributed by atoms with E-state index in [0.29, 0.717) is 0 Å². The van der Waals surface area contributed by atoms with Crippen LogP contribution in [0.25, 0.3) is 21.5 Å². The molecule has 1 unspecified atom stereocenters. The molecule has 2 heteroatoms. The standard InChI is InChI=1S/C22H18O2/c1-24-17-9-6-8-16(13-17)22(23)21-14-15-7-2-3-10-18(15)19-11-4-5-12-20(19)21/h2-14,22-23H,1H3. The van der Waals surface area contributed by atoms with Crippen molar-refractivity contribution in [2.24, 2.45) is 0 Å². The molecule has 118 valence electrons. The van der Waals surface area contributed by atoms with Gasteiger partial charge in [0, 0.05) is 0 Å². The highest BCUT2D eigenvalue weighted by Crippen LogP contribution is 2.35. The zero-order valence-corrected chi connectivity index (χ0v) is 13.4. The predicted molar refractivity (Wildman–Crippen MR) is 98.5 cm³/mol. The molecule has 0 aromatic heterocycles. The van der Waals surface area contributed by atoms with Gasteiger partial charge < -0.3 is 9.84 Å². The number of ether oxygens (including phenoxy) is 1. The zero-order valence-electron chi connectivity index (χ0n) is 13.4. The first-order valence-electron chi connectivity index (χ1n) is 8.00. The van der Waals surface area contributed by atoms with Crippen molar-refractivity contribution in [1.82, 2.24) is 0 Å². The fourth-order valence-electron chi connectivity index (χ4n) is 3.30. The van der Waals surface area contributed by atoms with Gasteiger partial charge in [-0.25, -0.2) is 0 Å². The maximum atomic E-state index is 11.0. The molecular formula is C22H18O2. The van der Waals surface area contributed by atoms with Gasteiger partial charge in [0.15, 0.2) is 0 Å². The molecule has 1 N–H and O–H groups in total. The average Bonchev–Trinajstić information content (AvgIpc) is 2.67. The molecule has 0 spiro atoms. The molecule has 0 aliphatic rings. The summed E-state index contributed by atoms with van der Waals surface area (Å²) in [6, 6.07) is 26.2. The van der Waals surface area contributed by atoms with E-state index in [1.807, 2.05) is 48.5 Å². The first-order valence-corrected chi connectivity index (χ1v) is 8.00. The first-order chi connectivity index (χ1) is 11.8. The van der Waals surface area contributed by atoms with E-state index in [0.717, 1.165) is 33.0 Å². The minimum Gasteiger partial charge on any atom is -0.497 e. The monoisotopic (exact) mass is 314 g/mol. The lowest BCUT2D eigenvalue weighted by atomic mass is 9.92. The Bertz CT molecular complexity index is 1020. The van der Waals surface area contributed by atoms with Crippen molar-refractivity contribution >= 4 is 21.5 Å². The van der Waals surface area contributed by atoms with Crippen LogP contribution in [-0.2, 0) is 0 Å². The maximum Gasteiger partial charge on any atom is 0.119 e. The van der Waals surface area contributed by atoms with Gasteiger partial charge >= 0.3 is 0 Å². The molecule has 4 aromatic carbocycles. The third kappa shape index (κ3) is 2.41. The number of aliphatic hydroxyl groups is 1. The van der Waals surface area contributed by atoms with E-state index < -0.39 is 6.10 Å². The Morgan fingerprint density at radius 2 is 1.46 bits per heavy atom. The third-order valence-electron chi connectivity index (χ3n) is 4.50. The van der Waals surface area contributed by atoms with Crippen molar-refractivity contribution in [3.63, 3.8) is 0 Å². The summed E-state index contributed by atoms with van der Waals surface area (Å²) in [7, 11) is 1.64. The third-order valence-corrected chi connectivity index (χ3v) is 4.50. The van der Waals surface area contributed by atoms with Crippen molar-refractivity contribution in [3.8, 4) is 5.75 Å². The van der Waals surface area contributed by atoms with Crippen LogP contribution in [-0.4, -0.2) is 12.2 Å². The molecule has 24 heavy (non-hydrogen) atoms. The van der Waals surface area contributed by atoms with Crippen LogP contribution in [0.5, 0.6) is 5.75 Å². The molecule has 1 atom stereocenters. The molecule has 0 radical (unpaired) electrons. The van der Waals surface area contributed by atoms with Crippen LogP contribution in [0.3, 0.4) is 0 Å². The number of methoxy groups -OCH3 is 1. The molecular weight excluding hydrogens is 296 g/mol. The van der Waals surface area contributed by atoms with Crippen molar-refractivity contribution < 1.29 is 9.84 Å². The lowest BCUT2D eigenvalue weighted by Gasteiger charge is -2.17. The van der Waals surface area contributed by atoms with Gasteiger partial charge in [-0.3, -0.25) is 0 Å². The van der Waals surface area contributed by atoms with E-state index in [1.54, 1.807) is 7.11 Å². The second kappa shape index (κ2) is 5.99. The Morgan fingerprint density at radius 3 is 2.25 bits per heavy atom. The average molecular weight is 314 g/mol. The molecule has 0 saturated carbocycles. The normalized spacial score (nSPS) is 12.4. The Morgan fingerprint density at radius 1 is 0.750 bits per heavy atom. The smallest absolute Gasteiger partial charge is 0.119 e. The summed E-state index contributed by atoms with van der Waals surface area (Å²) in [5.74, 6) is 0.747. The molecule has 4 aromatic rings. The van der Waals surface area contributed by atoms with Crippen LogP contribution in [0.4, 0.5) is 0 Å². The Hall–Kier alpha value is -2.84. The van der Waals surface area contributed by atoms with Gasteiger partial charge in [-0.1, -0.05) is 60.7 Å². The summed E-state index contributed by atoms with van der Waals surface area (Å²) in [6.07, 6.45) is -0.699. The predicted octanol–water partition coefficient (Wildman–Crippen LogP) is 5.08. The van der Waals surface area contributed by atoms with E-state index in [4.69, 9.17) is 4.74 Å². The summed E-state index contributed by atoms with van der Waals surface area (Å²) in [4.78, 5) is 0. The minimum absolute atomic E-state index is 0.699. The lowest BCUT2D eigenvalue weighted by Crippen LogP contribution is -2.01. The summed E-state index contributed by atoms with van der Waals surface area (Å²) in [5.41, 5.74) is 1.74. The van der Waals surface area contributed by atoms with Gasteiger partial charge in [-0.15, -0.1) is 0 Å². The highest BCUT2D eigenvalue weighted by molar-refractivity contribution is 6.09. The fraction of sp³-hybridized carbons (Fsp3) is 0.0909.